The van der Waals surface area contributed by atoms with Crippen LogP contribution in [-0.2, 0) is 0 Å². The third-order valence-electron chi connectivity index (χ3n) is 2.10. The Morgan fingerprint density at radius 3 is 2.14 bits per heavy atom. The Kier molecular flexibility index (Phi) is 10.6. The topological polar surface area (TPSA) is 47.6 Å². The van der Waals surface area contributed by atoms with Gasteiger partial charge in [-0.3, -0.25) is 0 Å². The highest BCUT2D eigenvalue weighted by atomic mass is 14.2. The smallest absolute Gasteiger partial charge is 0.0908 e. The molecule has 0 rings (SSSR count). The zero-order chi connectivity index (χ0) is 10.5. The molecule has 76 valence electrons. The van der Waals surface area contributed by atoms with Crippen molar-refractivity contribution in [1.29, 1.82) is 10.5 Å². The van der Waals surface area contributed by atoms with Crippen molar-refractivity contribution in [3.63, 3.8) is 0 Å². The molecule has 0 aromatic rings. The number of hydrogen-bond donors (Lipinski definition) is 0. The van der Waals surface area contributed by atoms with Gasteiger partial charge in [-0.05, 0) is 19.3 Å². The van der Waals surface area contributed by atoms with Crippen molar-refractivity contribution in [2.45, 2.75) is 51.4 Å². The molecule has 0 amide bonds. The largest absolute Gasteiger partial charge is 0.198 e. The standard InChI is InChI=1S/C12H18N2/c13-11-9-7-5-3-1-2-4-6-8-10-12-14/h7,9H,1-6,8,10H2/b9-7+. The molecule has 0 bridgehead atoms. The summed E-state index contributed by atoms with van der Waals surface area (Å²) < 4.78 is 0. The monoisotopic (exact) mass is 190 g/mol. The first kappa shape index (κ1) is 12.7. The van der Waals surface area contributed by atoms with E-state index in [0.717, 1.165) is 12.8 Å². The molecule has 0 radical (unpaired) electrons. The Morgan fingerprint density at radius 2 is 1.50 bits per heavy atom. The van der Waals surface area contributed by atoms with Crippen molar-refractivity contribution in [2.75, 3.05) is 0 Å². The predicted molar refractivity (Wildman–Crippen MR) is 57.3 cm³/mol. The molecular weight excluding hydrogens is 172 g/mol. The molecule has 0 N–H and O–H groups in total. The lowest BCUT2D eigenvalue weighted by atomic mass is 10.1. The fourth-order valence-electron chi connectivity index (χ4n) is 1.31. The highest BCUT2D eigenvalue weighted by Gasteiger charge is 1.89. The summed E-state index contributed by atoms with van der Waals surface area (Å²) in [5, 5.41) is 16.5. The summed E-state index contributed by atoms with van der Waals surface area (Å²) in [4.78, 5) is 0. The fourth-order valence-corrected chi connectivity index (χ4v) is 1.31. The van der Waals surface area contributed by atoms with Crippen LogP contribution in [0.5, 0.6) is 0 Å². The van der Waals surface area contributed by atoms with Gasteiger partial charge in [-0.1, -0.05) is 31.8 Å². The fraction of sp³-hybridized carbons (Fsp3) is 0.667. The summed E-state index contributed by atoms with van der Waals surface area (Å²) in [5.41, 5.74) is 0. The van der Waals surface area contributed by atoms with E-state index < -0.39 is 0 Å². The van der Waals surface area contributed by atoms with E-state index in [1.807, 2.05) is 12.1 Å². The van der Waals surface area contributed by atoms with Gasteiger partial charge in [-0.25, -0.2) is 0 Å². The van der Waals surface area contributed by atoms with E-state index in [-0.39, 0.29) is 0 Å². The Balaban J connectivity index is 2.97. The molecule has 14 heavy (non-hydrogen) atoms. The molecule has 0 heterocycles. The van der Waals surface area contributed by atoms with Gasteiger partial charge in [-0.15, -0.1) is 0 Å². The normalized spacial score (nSPS) is 9.86. The molecule has 0 spiro atoms. The number of hydrogen-bond acceptors (Lipinski definition) is 2. The first-order valence-corrected chi connectivity index (χ1v) is 5.33. The maximum absolute atomic E-state index is 8.31. The summed E-state index contributed by atoms with van der Waals surface area (Å²) in [6, 6.07) is 4.13. The van der Waals surface area contributed by atoms with E-state index in [9.17, 15) is 0 Å². The first-order valence-electron chi connectivity index (χ1n) is 5.33. The lowest BCUT2D eigenvalue weighted by molar-refractivity contribution is 0.601. The molecule has 0 saturated heterocycles. The van der Waals surface area contributed by atoms with E-state index in [4.69, 9.17) is 10.5 Å². The highest BCUT2D eigenvalue weighted by Crippen LogP contribution is 2.08. The molecule has 2 heteroatoms. The predicted octanol–water partition coefficient (Wildman–Crippen LogP) is 3.71. The van der Waals surface area contributed by atoms with E-state index >= 15 is 0 Å². The van der Waals surface area contributed by atoms with E-state index in [2.05, 4.69) is 6.07 Å². The van der Waals surface area contributed by atoms with Crippen LogP contribution in [0.25, 0.3) is 0 Å². The Bertz CT molecular complexity index is 217. The molecule has 0 aliphatic rings. The van der Waals surface area contributed by atoms with Crippen LogP contribution in [0.2, 0.25) is 0 Å². The Morgan fingerprint density at radius 1 is 0.857 bits per heavy atom. The average Bonchev–Trinajstić information content (AvgIpc) is 2.21. The molecular formula is C12H18N2. The van der Waals surface area contributed by atoms with Crippen LogP contribution in [0.1, 0.15) is 51.4 Å². The van der Waals surface area contributed by atoms with Crippen molar-refractivity contribution in [3.05, 3.63) is 12.2 Å². The van der Waals surface area contributed by atoms with Crippen molar-refractivity contribution < 1.29 is 0 Å². The van der Waals surface area contributed by atoms with Crippen molar-refractivity contribution in [1.82, 2.24) is 0 Å². The number of nitrogens with zero attached hydrogens (tertiary/aromatic N) is 2. The van der Waals surface area contributed by atoms with Crippen LogP contribution in [0, 0.1) is 22.7 Å². The number of nitriles is 2. The lowest BCUT2D eigenvalue weighted by Crippen LogP contribution is -1.79. The van der Waals surface area contributed by atoms with Crippen LogP contribution in [0.4, 0.5) is 0 Å². The van der Waals surface area contributed by atoms with Crippen LogP contribution in [0.15, 0.2) is 12.2 Å². The Hall–Kier alpha value is -1.28. The van der Waals surface area contributed by atoms with E-state index in [1.165, 1.54) is 32.1 Å². The number of unbranched alkanes of at least 4 members (excludes halogenated alkanes) is 7. The second kappa shape index (κ2) is 11.7. The van der Waals surface area contributed by atoms with Crippen molar-refractivity contribution in [3.8, 4) is 12.1 Å². The van der Waals surface area contributed by atoms with Gasteiger partial charge in [0.2, 0.25) is 0 Å². The zero-order valence-electron chi connectivity index (χ0n) is 8.71. The van der Waals surface area contributed by atoms with Crippen LogP contribution in [0.3, 0.4) is 0 Å². The van der Waals surface area contributed by atoms with Crippen LogP contribution < -0.4 is 0 Å². The molecule has 0 unspecified atom stereocenters. The maximum atomic E-state index is 8.31. The van der Waals surface area contributed by atoms with Gasteiger partial charge in [0, 0.05) is 12.5 Å². The third kappa shape index (κ3) is 10.7. The van der Waals surface area contributed by atoms with Gasteiger partial charge in [0.15, 0.2) is 0 Å². The molecule has 0 aromatic carbocycles. The molecule has 2 nitrogen and oxygen atoms in total. The van der Waals surface area contributed by atoms with E-state index in [1.54, 1.807) is 6.08 Å². The van der Waals surface area contributed by atoms with Gasteiger partial charge in [0.25, 0.3) is 0 Å². The minimum atomic E-state index is 0.699. The SMILES string of the molecule is N#C/C=C/CCCCCCCCC#N. The van der Waals surface area contributed by atoms with Crippen LogP contribution in [-0.4, -0.2) is 0 Å². The summed E-state index contributed by atoms with van der Waals surface area (Å²) >= 11 is 0. The average molecular weight is 190 g/mol. The summed E-state index contributed by atoms with van der Waals surface area (Å²) in [7, 11) is 0. The summed E-state index contributed by atoms with van der Waals surface area (Å²) in [5.74, 6) is 0. The molecule has 0 aliphatic carbocycles. The zero-order valence-corrected chi connectivity index (χ0v) is 8.71. The third-order valence-corrected chi connectivity index (χ3v) is 2.10. The van der Waals surface area contributed by atoms with Crippen molar-refractivity contribution in [2.24, 2.45) is 0 Å². The summed E-state index contributed by atoms with van der Waals surface area (Å²) in [6.45, 7) is 0. The van der Waals surface area contributed by atoms with Gasteiger partial charge >= 0.3 is 0 Å². The molecule has 0 atom stereocenters. The van der Waals surface area contributed by atoms with Gasteiger partial charge in [-0.2, -0.15) is 10.5 Å². The minimum Gasteiger partial charge on any atom is -0.198 e. The number of rotatable bonds is 8. The second-order valence-electron chi connectivity index (χ2n) is 3.35. The molecule has 0 aromatic heterocycles. The molecule has 0 fully saturated rings. The maximum Gasteiger partial charge on any atom is 0.0908 e. The lowest BCUT2D eigenvalue weighted by Gasteiger charge is -1.97. The van der Waals surface area contributed by atoms with Gasteiger partial charge < -0.3 is 0 Å². The quantitative estimate of drug-likeness (QED) is 0.432. The minimum absolute atomic E-state index is 0.699. The molecule has 0 aliphatic heterocycles. The first-order chi connectivity index (χ1) is 6.91. The second-order valence-corrected chi connectivity index (χ2v) is 3.35. The van der Waals surface area contributed by atoms with E-state index in [0.29, 0.717) is 6.42 Å². The Labute approximate surface area is 86.8 Å². The molecule has 0 saturated carbocycles. The highest BCUT2D eigenvalue weighted by molar-refractivity contribution is 5.01. The number of allylic oxidation sites excluding steroid dienone is 2. The van der Waals surface area contributed by atoms with Gasteiger partial charge in [0.1, 0.15) is 0 Å². The van der Waals surface area contributed by atoms with Crippen LogP contribution >= 0.6 is 0 Å². The summed E-state index contributed by atoms with van der Waals surface area (Å²) in [6.07, 6.45) is 12.3. The van der Waals surface area contributed by atoms with Gasteiger partial charge in [0.05, 0.1) is 12.1 Å². The van der Waals surface area contributed by atoms with Crippen molar-refractivity contribution >= 4 is 0 Å².